The third-order valence-corrected chi connectivity index (χ3v) is 6.57. The van der Waals surface area contributed by atoms with Crippen molar-refractivity contribution in [1.29, 1.82) is 0 Å². The van der Waals surface area contributed by atoms with Gasteiger partial charge in [0.25, 0.3) is 5.91 Å². The molecule has 1 N–H and O–H groups in total. The molecule has 4 aromatic rings. The molecule has 0 fully saturated rings. The second-order valence-electron chi connectivity index (χ2n) is 7.20. The van der Waals surface area contributed by atoms with E-state index in [-0.39, 0.29) is 11.7 Å². The van der Waals surface area contributed by atoms with Gasteiger partial charge in [0.1, 0.15) is 10.6 Å². The summed E-state index contributed by atoms with van der Waals surface area (Å²) in [6.07, 6.45) is 1.46. The molecule has 0 aliphatic heterocycles. The normalized spacial score (nSPS) is 10.9. The second-order valence-corrected chi connectivity index (χ2v) is 8.63. The Labute approximate surface area is 210 Å². The van der Waals surface area contributed by atoms with Gasteiger partial charge in [-0.25, -0.2) is 10.2 Å². The number of rotatable bonds is 8. The monoisotopic (exact) mass is 508 g/mol. The fourth-order valence-corrected chi connectivity index (χ4v) is 4.62. The van der Waals surface area contributed by atoms with Gasteiger partial charge in [-0.2, -0.15) is 5.10 Å². The van der Waals surface area contributed by atoms with E-state index < -0.39 is 5.97 Å². The third kappa shape index (κ3) is 5.62. The first-order valence-electron chi connectivity index (χ1n) is 10.6. The van der Waals surface area contributed by atoms with Gasteiger partial charge in [-0.15, -0.1) is 11.3 Å². The van der Waals surface area contributed by atoms with Crippen LogP contribution in [0.5, 0.6) is 17.2 Å². The lowest BCUT2D eigenvalue weighted by Crippen LogP contribution is -2.17. The zero-order valence-corrected chi connectivity index (χ0v) is 20.5. The number of amides is 1. The molecule has 0 saturated heterocycles. The maximum Gasteiger partial charge on any atom is 0.355 e. The van der Waals surface area contributed by atoms with Crippen LogP contribution in [-0.2, 0) is 0 Å². The summed E-state index contributed by atoms with van der Waals surface area (Å²) in [6.45, 7) is 2.44. The first kappa shape index (κ1) is 24.3. The van der Waals surface area contributed by atoms with Crippen LogP contribution in [0.25, 0.3) is 10.1 Å². The number of esters is 1. The van der Waals surface area contributed by atoms with Crippen LogP contribution in [0.3, 0.4) is 0 Å². The van der Waals surface area contributed by atoms with Gasteiger partial charge < -0.3 is 14.2 Å². The third-order valence-electron chi connectivity index (χ3n) is 4.92. The largest absolute Gasteiger partial charge is 0.494 e. The number of halogens is 1. The van der Waals surface area contributed by atoms with E-state index in [0.29, 0.717) is 39.1 Å². The number of thiophene rings is 1. The molecular formula is C26H21ClN2O5S. The molecule has 35 heavy (non-hydrogen) atoms. The quantitative estimate of drug-likeness (QED) is 0.138. The molecule has 9 heteroatoms. The highest BCUT2D eigenvalue weighted by atomic mass is 35.5. The summed E-state index contributed by atoms with van der Waals surface area (Å²) in [5.74, 6) is 0.328. The van der Waals surface area contributed by atoms with Gasteiger partial charge in [-0.3, -0.25) is 4.79 Å². The Hall–Kier alpha value is -3.88. The van der Waals surface area contributed by atoms with Crippen molar-refractivity contribution in [3.05, 3.63) is 87.8 Å². The maximum atomic E-state index is 12.8. The maximum absolute atomic E-state index is 12.8. The van der Waals surface area contributed by atoms with Gasteiger partial charge in [-0.1, -0.05) is 29.8 Å². The number of nitrogens with zero attached hydrogens (tertiary/aromatic N) is 1. The molecule has 3 aromatic carbocycles. The van der Waals surface area contributed by atoms with E-state index in [4.69, 9.17) is 25.8 Å². The molecule has 0 aliphatic rings. The Morgan fingerprint density at radius 1 is 1.06 bits per heavy atom. The number of benzene rings is 3. The predicted octanol–water partition coefficient (Wildman–Crippen LogP) is 5.95. The van der Waals surface area contributed by atoms with Gasteiger partial charge in [0.05, 0.1) is 25.0 Å². The lowest BCUT2D eigenvalue weighted by molar-refractivity contribution is 0.0734. The minimum atomic E-state index is -0.571. The van der Waals surface area contributed by atoms with E-state index in [1.165, 1.54) is 24.7 Å². The van der Waals surface area contributed by atoms with Crippen LogP contribution in [0.4, 0.5) is 0 Å². The zero-order valence-electron chi connectivity index (χ0n) is 18.9. The molecule has 0 aliphatic carbocycles. The van der Waals surface area contributed by atoms with Gasteiger partial charge in [0.2, 0.25) is 0 Å². The number of hydrogen-bond donors (Lipinski definition) is 1. The number of ether oxygens (including phenoxy) is 3. The summed E-state index contributed by atoms with van der Waals surface area (Å²) in [4.78, 5) is 25.4. The number of hydrazone groups is 1. The van der Waals surface area contributed by atoms with E-state index >= 15 is 0 Å². The van der Waals surface area contributed by atoms with Crippen molar-refractivity contribution in [3.63, 3.8) is 0 Å². The molecule has 1 heterocycles. The van der Waals surface area contributed by atoms with Gasteiger partial charge in [0, 0.05) is 15.6 Å². The van der Waals surface area contributed by atoms with Crippen molar-refractivity contribution in [2.75, 3.05) is 13.7 Å². The van der Waals surface area contributed by atoms with Crippen molar-refractivity contribution in [1.82, 2.24) is 5.43 Å². The van der Waals surface area contributed by atoms with Gasteiger partial charge >= 0.3 is 5.97 Å². The summed E-state index contributed by atoms with van der Waals surface area (Å²) < 4.78 is 17.2. The van der Waals surface area contributed by atoms with E-state index in [1.807, 2.05) is 31.2 Å². The number of nitrogens with one attached hydrogen (secondary N) is 1. The topological polar surface area (TPSA) is 86.2 Å². The van der Waals surface area contributed by atoms with Crippen LogP contribution in [0.15, 0.2) is 71.8 Å². The number of carbonyl (C=O) groups is 2. The van der Waals surface area contributed by atoms with Crippen LogP contribution in [-0.4, -0.2) is 31.8 Å². The van der Waals surface area contributed by atoms with Crippen molar-refractivity contribution >= 4 is 51.1 Å². The van der Waals surface area contributed by atoms with E-state index in [9.17, 15) is 9.59 Å². The summed E-state index contributed by atoms with van der Waals surface area (Å²) in [6, 6.07) is 19.2. The summed E-state index contributed by atoms with van der Waals surface area (Å²) in [7, 11) is 1.47. The number of hydrogen-bond acceptors (Lipinski definition) is 7. The molecule has 7 nitrogen and oxygen atoms in total. The first-order valence-corrected chi connectivity index (χ1v) is 11.8. The molecule has 178 valence electrons. The Kier molecular flexibility index (Phi) is 7.64. The Morgan fingerprint density at radius 3 is 2.54 bits per heavy atom. The molecule has 0 radical (unpaired) electrons. The highest BCUT2D eigenvalue weighted by Crippen LogP contribution is 2.37. The van der Waals surface area contributed by atoms with E-state index in [0.717, 1.165) is 10.1 Å². The standard InChI is InChI=1S/C26H21ClN2O5S/c1-3-33-18-11-9-17(10-12-18)25(30)29-28-15-16-8-13-20(21(14-16)32-2)34-26(31)24-23(27)19-6-4-5-7-22(19)35-24/h4-15H,3H2,1-2H3,(H,29,30). The minimum Gasteiger partial charge on any atom is -0.494 e. The number of methoxy groups -OCH3 is 1. The molecule has 1 amide bonds. The average molecular weight is 509 g/mol. The van der Waals surface area contributed by atoms with Crippen LogP contribution in [0, 0.1) is 0 Å². The number of carbonyl (C=O) groups excluding carboxylic acids is 2. The highest BCUT2D eigenvalue weighted by molar-refractivity contribution is 7.21. The Bertz CT molecular complexity index is 1400. The predicted molar refractivity (Wildman–Crippen MR) is 137 cm³/mol. The van der Waals surface area contributed by atoms with Crippen molar-refractivity contribution in [2.45, 2.75) is 6.92 Å². The minimum absolute atomic E-state index is 0.238. The van der Waals surface area contributed by atoms with Gasteiger partial charge in [0.15, 0.2) is 11.5 Å². The Morgan fingerprint density at radius 2 is 1.83 bits per heavy atom. The van der Waals surface area contributed by atoms with Crippen LogP contribution in [0.1, 0.15) is 32.5 Å². The molecule has 0 unspecified atom stereocenters. The summed E-state index contributed by atoms with van der Waals surface area (Å²) in [5, 5.41) is 5.16. The fraction of sp³-hybridized carbons (Fsp3) is 0.115. The lowest BCUT2D eigenvalue weighted by Gasteiger charge is -2.09. The van der Waals surface area contributed by atoms with Crippen molar-refractivity contribution in [3.8, 4) is 17.2 Å². The highest BCUT2D eigenvalue weighted by Gasteiger charge is 2.20. The van der Waals surface area contributed by atoms with E-state index in [1.54, 1.807) is 42.5 Å². The smallest absolute Gasteiger partial charge is 0.355 e. The molecule has 0 atom stereocenters. The molecule has 0 saturated carbocycles. The van der Waals surface area contributed by atoms with Crippen LogP contribution < -0.4 is 19.6 Å². The Balaban J connectivity index is 1.43. The van der Waals surface area contributed by atoms with E-state index in [2.05, 4.69) is 10.5 Å². The molecule has 0 bridgehead atoms. The number of fused-ring (bicyclic) bond motifs is 1. The molecular weight excluding hydrogens is 488 g/mol. The van der Waals surface area contributed by atoms with Crippen molar-refractivity contribution < 1.29 is 23.8 Å². The first-order chi connectivity index (χ1) is 17.0. The fourth-order valence-electron chi connectivity index (χ4n) is 3.24. The summed E-state index contributed by atoms with van der Waals surface area (Å²) in [5.41, 5.74) is 3.56. The second kappa shape index (κ2) is 11.0. The van der Waals surface area contributed by atoms with Gasteiger partial charge in [-0.05, 0) is 61.0 Å². The molecule has 4 rings (SSSR count). The molecule has 0 spiro atoms. The zero-order chi connectivity index (χ0) is 24.8. The molecule has 1 aromatic heterocycles. The van der Waals surface area contributed by atoms with Crippen LogP contribution >= 0.6 is 22.9 Å². The lowest BCUT2D eigenvalue weighted by atomic mass is 10.2. The summed E-state index contributed by atoms with van der Waals surface area (Å²) >= 11 is 7.65. The van der Waals surface area contributed by atoms with Crippen molar-refractivity contribution in [2.24, 2.45) is 5.10 Å². The average Bonchev–Trinajstić information content (AvgIpc) is 3.22. The SMILES string of the molecule is CCOc1ccc(C(=O)NN=Cc2ccc(OC(=O)c3sc4ccccc4c3Cl)c(OC)c2)cc1. The van der Waals surface area contributed by atoms with Crippen LogP contribution in [0.2, 0.25) is 5.02 Å².